The van der Waals surface area contributed by atoms with E-state index in [0.29, 0.717) is 24.5 Å². The molecule has 1 amide bonds. The molecular formula is C12H16N2O3. The van der Waals surface area contributed by atoms with Crippen molar-refractivity contribution in [2.24, 2.45) is 5.73 Å². The normalized spacial score (nSPS) is 18.6. The summed E-state index contributed by atoms with van der Waals surface area (Å²) in [5.74, 6) is 1.31. The van der Waals surface area contributed by atoms with E-state index in [1.807, 2.05) is 6.07 Å². The highest BCUT2D eigenvalue weighted by Crippen LogP contribution is 2.36. The molecule has 0 radical (unpaired) electrons. The third-order valence-electron chi connectivity index (χ3n) is 2.83. The zero-order valence-corrected chi connectivity index (χ0v) is 9.97. The first-order valence-corrected chi connectivity index (χ1v) is 5.49. The number of methoxy groups -OCH3 is 1. The van der Waals surface area contributed by atoms with Crippen molar-refractivity contribution in [3.05, 3.63) is 18.2 Å². The van der Waals surface area contributed by atoms with Gasteiger partial charge in [0.05, 0.1) is 12.8 Å². The molecule has 92 valence electrons. The summed E-state index contributed by atoms with van der Waals surface area (Å²) in [6, 6.07) is 5.40. The molecule has 0 saturated carbocycles. The van der Waals surface area contributed by atoms with Gasteiger partial charge in [-0.1, -0.05) is 0 Å². The van der Waals surface area contributed by atoms with Gasteiger partial charge in [0.2, 0.25) is 0 Å². The van der Waals surface area contributed by atoms with E-state index in [4.69, 9.17) is 15.2 Å². The number of rotatable bonds is 3. The van der Waals surface area contributed by atoms with Crippen LogP contribution in [-0.2, 0) is 4.79 Å². The Hall–Kier alpha value is -1.75. The fraction of sp³-hybridized carbons (Fsp3) is 0.417. The Morgan fingerprint density at radius 1 is 1.53 bits per heavy atom. The van der Waals surface area contributed by atoms with Gasteiger partial charge in [0.15, 0.2) is 6.10 Å². The monoisotopic (exact) mass is 236 g/mol. The van der Waals surface area contributed by atoms with Crippen molar-refractivity contribution >= 4 is 11.6 Å². The third kappa shape index (κ3) is 2.06. The number of benzene rings is 1. The van der Waals surface area contributed by atoms with Crippen molar-refractivity contribution in [3.8, 4) is 11.5 Å². The lowest BCUT2D eigenvalue weighted by Crippen LogP contribution is -2.44. The molecule has 2 rings (SSSR count). The lowest BCUT2D eigenvalue weighted by Gasteiger charge is -2.32. The third-order valence-corrected chi connectivity index (χ3v) is 2.83. The predicted molar refractivity (Wildman–Crippen MR) is 64.5 cm³/mol. The predicted octanol–water partition coefficient (Wildman–Crippen LogP) is 0.768. The molecule has 2 N–H and O–H groups in total. The van der Waals surface area contributed by atoms with Crippen LogP contribution in [0.1, 0.15) is 6.42 Å². The van der Waals surface area contributed by atoms with Gasteiger partial charge in [-0.25, -0.2) is 0 Å². The van der Waals surface area contributed by atoms with Gasteiger partial charge in [0.25, 0.3) is 5.91 Å². The number of anilines is 1. The topological polar surface area (TPSA) is 64.8 Å². The highest BCUT2D eigenvalue weighted by Gasteiger charge is 2.31. The van der Waals surface area contributed by atoms with Gasteiger partial charge in [-0.2, -0.15) is 0 Å². The molecule has 1 unspecified atom stereocenters. The Kier molecular flexibility index (Phi) is 3.19. The second-order valence-corrected chi connectivity index (χ2v) is 3.91. The maximum Gasteiger partial charge on any atom is 0.267 e. The largest absolute Gasteiger partial charge is 0.497 e. The molecule has 0 fully saturated rings. The van der Waals surface area contributed by atoms with Crippen molar-refractivity contribution in [3.63, 3.8) is 0 Å². The van der Waals surface area contributed by atoms with E-state index < -0.39 is 6.10 Å². The Balaban J connectivity index is 2.34. The average Bonchev–Trinajstić information content (AvgIpc) is 2.35. The Labute approximate surface area is 100 Å². The fourth-order valence-corrected chi connectivity index (χ4v) is 1.86. The number of nitrogens with zero attached hydrogens (tertiary/aromatic N) is 1. The number of ether oxygens (including phenoxy) is 2. The summed E-state index contributed by atoms with van der Waals surface area (Å²) in [6.45, 7) is 0.426. The van der Waals surface area contributed by atoms with Gasteiger partial charge in [0.1, 0.15) is 11.5 Å². The smallest absolute Gasteiger partial charge is 0.267 e. The molecule has 0 aromatic heterocycles. The lowest BCUT2D eigenvalue weighted by atomic mass is 10.1. The summed E-state index contributed by atoms with van der Waals surface area (Å²) >= 11 is 0. The van der Waals surface area contributed by atoms with Gasteiger partial charge in [-0.05, 0) is 18.7 Å². The van der Waals surface area contributed by atoms with E-state index in [2.05, 4.69) is 0 Å². The molecule has 5 nitrogen and oxygen atoms in total. The lowest BCUT2D eigenvalue weighted by molar-refractivity contribution is -0.126. The van der Waals surface area contributed by atoms with Crippen LogP contribution in [0, 0.1) is 0 Å². The van der Waals surface area contributed by atoms with Crippen LogP contribution >= 0.6 is 0 Å². The van der Waals surface area contributed by atoms with Gasteiger partial charge < -0.3 is 20.1 Å². The van der Waals surface area contributed by atoms with Gasteiger partial charge in [-0.15, -0.1) is 0 Å². The molecule has 1 aromatic rings. The van der Waals surface area contributed by atoms with Crippen LogP contribution in [0.5, 0.6) is 11.5 Å². The number of hydrogen-bond acceptors (Lipinski definition) is 4. The van der Waals surface area contributed by atoms with Crippen LogP contribution in [0.2, 0.25) is 0 Å². The first-order chi connectivity index (χ1) is 8.17. The molecule has 0 spiro atoms. The second-order valence-electron chi connectivity index (χ2n) is 3.91. The minimum absolute atomic E-state index is 0.0730. The van der Waals surface area contributed by atoms with Crippen molar-refractivity contribution < 1.29 is 14.3 Å². The number of hydrogen-bond donors (Lipinski definition) is 1. The van der Waals surface area contributed by atoms with Gasteiger partial charge in [-0.3, -0.25) is 4.79 Å². The fourth-order valence-electron chi connectivity index (χ4n) is 1.86. The van der Waals surface area contributed by atoms with Crippen LogP contribution in [0.25, 0.3) is 0 Å². The second kappa shape index (κ2) is 4.63. The van der Waals surface area contributed by atoms with Crippen LogP contribution < -0.4 is 20.1 Å². The Bertz CT molecular complexity index is 434. The maximum atomic E-state index is 12.0. The number of nitrogens with two attached hydrogens (primary N) is 1. The van der Waals surface area contributed by atoms with Crippen LogP contribution in [-0.4, -0.2) is 32.7 Å². The van der Waals surface area contributed by atoms with Crippen molar-refractivity contribution in [1.82, 2.24) is 0 Å². The van der Waals surface area contributed by atoms with E-state index in [1.165, 1.54) is 0 Å². The Morgan fingerprint density at radius 3 is 2.94 bits per heavy atom. The van der Waals surface area contributed by atoms with Crippen molar-refractivity contribution in [2.75, 3.05) is 25.6 Å². The average molecular weight is 236 g/mol. The minimum atomic E-state index is -0.481. The maximum absolute atomic E-state index is 12.0. The highest BCUT2D eigenvalue weighted by atomic mass is 16.5. The first-order valence-electron chi connectivity index (χ1n) is 5.49. The van der Waals surface area contributed by atoms with Crippen molar-refractivity contribution in [2.45, 2.75) is 12.5 Å². The quantitative estimate of drug-likeness (QED) is 0.841. The van der Waals surface area contributed by atoms with Crippen LogP contribution in [0.15, 0.2) is 18.2 Å². The summed E-state index contributed by atoms with van der Waals surface area (Å²) in [4.78, 5) is 13.6. The number of carbonyl (C=O) groups is 1. The van der Waals surface area contributed by atoms with Gasteiger partial charge >= 0.3 is 0 Å². The number of amides is 1. The zero-order valence-electron chi connectivity index (χ0n) is 9.97. The molecule has 1 aliphatic rings. The molecule has 1 aliphatic heterocycles. The summed E-state index contributed by atoms with van der Waals surface area (Å²) in [5.41, 5.74) is 6.19. The summed E-state index contributed by atoms with van der Waals surface area (Å²) in [6.07, 6.45) is 0.0418. The van der Waals surface area contributed by atoms with E-state index in [1.54, 1.807) is 31.2 Å². The summed E-state index contributed by atoms with van der Waals surface area (Å²) in [7, 11) is 3.32. The molecule has 0 aliphatic carbocycles. The number of fused-ring (bicyclic) bond motifs is 1. The minimum Gasteiger partial charge on any atom is -0.497 e. The molecule has 1 atom stereocenters. The van der Waals surface area contributed by atoms with Crippen molar-refractivity contribution in [1.29, 1.82) is 0 Å². The zero-order chi connectivity index (χ0) is 12.4. The number of carbonyl (C=O) groups excluding carboxylic acids is 1. The standard InChI is InChI=1S/C12H16N2O3/c1-14-9-7-8(16-2)3-4-10(9)17-11(5-6-13)12(14)15/h3-4,7,11H,5-6,13H2,1-2H3. The number of likely N-dealkylation sites (N-methyl/N-ethyl adjacent to an activating group) is 1. The van der Waals surface area contributed by atoms with Gasteiger partial charge in [0, 0.05) is 19.5 Å². The molecule has 1 heterocycles. The molecule has 0 saturated heterocycles. The molecule has 5 heteroatoms. The Morgan fingerprint density at radius 2 is 2.29 bits per heavy atom. The molecular weight excluding hydrogens is 220 g/mol. The van der Waals surface area contributed by atoms with E-state index in [0.717, 1.165) is 5.69 Å². The van der Waals surface area contributed by atoms with E-state index >= 15 is 0 Å². The van der Waals surface area contributed by atoms with E-state index in [9.17, 15) is 4.79 Å². The molecule has 1 aromatic carbocycles. The SMILES string of the molecule is COc1ccc2c(c1)N(C)C(=O)C(CCN)O2. The first kappa shape index (κ1) is 11.7. The molecule has 0 bridgehead atoms. The van der Waals surface area contributed by atoms with Crippen LogP contribution in [0.4, 0.5) is 5.69 Å². The van der Waals surface area contributed by atoms with E-state index in [-0.39, 0.29) is 5.91 Å². The van der Waals surface area contributed by atoms with Crippen LogP contribution in [0.3, 0.4) is 0 Å². The highest BCUT2D eigenvalue weighted by molar-refractivity contribution is 5.99. The molecule has 17 heavy (non-hydrogen) atoms. The summed E-state index contributed by atoms with van der Waals surface area (Å²) < 4.78 is 10.8. The summed E-state index contributed by atoms with van der Waals surface area (Å²) in [5, 5.41) is 0.